The van der Waals surface area contributed by atoms with E-state index in [-0.39, 0.29) is 12.0 Å². The second-order valence-corrected chi connectivity index (χ2v) is 9.19. The Kier molecular flexibility index (Phi) is 4.14. The van der Waals surface area contributed by atoms with Gasteiger partial charge in [-0.3, -0.25) is 9.78 Å². The Morgan fingerprint density at radius 3 is 2.73 bits per heavy atom. The summed E-state index contributed by atoms with van der Waals surface area (Å²) in [7, 11) is 0. The number of rotatable bonds is 3. The molecule has 2 amide bonds. The van der Waals surface area contributed by atoms with Crippen molar-refractivity contribution in [3.8, 4) is 0 Å². The van der Waals surface area contributed by atoms with Crippen LogP contribution in [0.2, 0.25) is 0 Å². The molecule has 2 aromatic heterocycles. The van der Waals surface area contributed by atoms with Crippen molar-refractivity contribution in [3.05, 3.63) is 29.4 Å². The SMILES string of the molecule is CC(C)(C)OC(=O)N1CC2C(CNC(=O)c3cc4ccncc4s3)C2C1. The molecule has 7 heteroatoms. The quantitative estimate of drug-likeness (QED) is 0.897. The summed E-state index contributed by atoms with van der Waals surface area (Å²) in [6, 6.07) is 3.83. The van der Waals surface area contributed by atoms with E-state index in [4.69, 9.17) is 4.74 Å². The van der Waals surface area contributed by atoms with E-state index in [1.165, 1.54) is 11.3 Å². The van der Waals surface area contributed by atoms with Crippen LogP contribution >= 0.6 is 11.3 Å². The molecule has 1 aliphatic heterocycles. The molecule has 1 saturated carbocycles. The first-order chi connectivity index (χ1) is 12.3. The number of pyridine rings is 1. The molecule has 2 fully saturated rings. The highest BCUT2D eigenvalue weighted by Crippen LogP contribution is 2.51. The third-order valence-electron chi connectivity index (χ3n) is 5.07. The molecule has 3 heterocycles. The van der Waals surface area contributed by atoms with Crippen LogP contribution in [0.3, 0.4) is 0 Å². The van der Waals surface area contributed by atoms with E-state index in [0.717, 1.165) is 23.2 Å². The molecule has 0 bridgehead atoms. The lowest BCUT2D eigenvalue weighted by Crippen LogP contribution is -2.38. The van der Waals surface area contributed by atoms with Crippen LogP contribution in [0, 0.1) is 17.8 Å². The van der Waals surface area contributed by atoms with E-state index in [1.54, 1.807) is 17.3 Å². The third kappa shape index (κ3) is 3.40. The van der Waals surface area contributed by atoms with Gasteiger partial charge in [-0.05, 0) is 56.0 Å². The molecule has 2 aromatic rings. The highest BCUT2D eigenvalue weighted by atomic mass is 32.1. The Bertz CT molecular complexity index is 812. The fraction of sp³-hybridized carbons (Fsp3) is 0.526. The highest BCUT2D eigenvalue weighted by molar-refractivity contribution is 7.20. The number of ether oxygens (including phenoxy) is 1. The Morgan fingerprint density at radius 2 is 2.08 bits per heavy atom. The van der Waals surface area contributed by atoms with Crippen molar-refractivity contribution in [1.29, 1.82) is 0 Å². The molecule has 0 aromatic carbocycles. The molecule has 1 aliphatic carbocycles. The molecular weight excluding hydrogens is 350 g/mol. The Labute approximate surface area is 156 Å². The number of nitrogens with zero attached hydrogens (tertiary/aromatic N) is 2. The lowest BCUT2D eigenvalue weighted by Gasteiger charge is -2.25. The van der Waals surface area contributed by atoms with Crippen molar-refractivity contribution >= 4 is 33.4 Å². The first-order valence-electron chi connectivity index (χ1n) is 8.91. The summed E-state index contributed by atoms with van der Waals surface area (Å²) in [5.41, 5.74) is -0.461. The Balaban J connectivity index is 1.26. The summed E-state index contributed by atoms with van der Waals surface area (Å²) in [5.74, 6) is 1.40. The summed E-state index contributed by atoms with van der Waals surface area (Å²) in [6.07, 6.45) is 3.29. The molecule has 2 atom stereocenters. The van der Waals surface area contributed by atoms with E-state index in [9.17, 15) is 9.59 Å². The van der Waals surface area contributed by atoms with E-state index >= 15 is 0 Å². The number of likely N-dealkylation sites (tertiary alicyclic amines) is 1. The van der Waals surface area contributed by atoms with Crippen LogP contribution in [0.25, 0.3) is 10.1 Å². The van der Waals surface area contributed by atoms with Gasteiger partial charge in [-0.1, -0.05) is 0 Å². The minimum Gasteiger partial charge on any atom is -0.444 e. The number of nitrogens with one attached hydrogen (secondary N) is 1. The van der Waals surface area contributed by atoms with Gasteiger partial charge in [-0.2, -0.15) is 0 Å². The zero-order chi connectivity index (χ0) is 18.5. The maximum Gasteiger partial charge on any atom is 0.410 e. The topological polar surface area (TPSA) is 71.5 Å². The molecule has 2 aliphatic rings. The molecule has 6 nitrogen and oxygen atoms in total. The molecular formula is C19H23N3O3S. The largest absolute Gasteiger partial charge is 0.444 e. The number of carbonyl (C=O) groups is 2. The van der Waals surface area contributed by atoms with Crippen LogP contribution in [0.15, 0.2) is 24.5 Å². The van der Waals surface area contributed by atoms with Crippen LogP contribution in [0.4, 0.5) is 4.79 Å². The number of hydrogen-bond acceptors (Lipinski definition) is 5. The number of thiophene rings is 1. The van der Waals surface area contributed by atoms with Crippen LogP contribution in [-0.4, -0.2) is 47.1 Å². The van der Waals surface area contributed by atoms with Crippen molar-refractivity contribution in [2.45, 2.75) is 26.4 Å². The fourth-order valence-electron chi connectivity index (χ4n) is 3.72. The summed E-state index contributed by atoms with van der Waals surface area (Å²) >= 11 is 1.46. The third-order valence-corrected chi connectivity index (χ3v) is 6.15. The van der Waals surface area contributed by atoms with Crippen LogP contribution in [-0.2, 0) is 4.74 Å². The van der Waals surface area contributed by atoms with Crippen LogP contribution in [0.5, 0.6) is 0 Å². The van der Waals surface area contributed by atoms with Gasteiger partial charge in [-0.25, -0.2) is 4.79 Å². The van der Waals surface area contributed by atoms with E-state index < -0.39 is 5.60 Å². The van der Waals surface area contributed by atoms with E-state index in [0.29, 0.717) is 29.2 Å². The molecule has 2 unspecified atom stereocenters. The average molecular weight is 373 g/mol. The van der Waals surface area contributed by atoms with Crippen LogP contribution in [0.1, 0.15) is 30.4 Å². The molecule has 1 saturated heterocycles. The van der Waals surface area contributed by atoms with Gasteiger partial charge in [0.15, 0.2) is 0 Å². The van der Waals surface area contributed by atoms with Crippen molar-refractivity contribution in [1.82, 2.24) is 15.2 Å². The number of fused-ring (bicyclic) bond motifs is 2. The lowest BCUT2D eigenvalue weighted by molar-refractivity contribution is 0.0265. The number of aromatic nitrogens is 1. The van der Waals surface area contributed by atoms with Gasteiger partial charge in [-0.15, -0.1) is 11.3 Å². The second-order valence-electron chi connectivity index (χ2n) is 8.11. The number of hydrogen-bond donors (Lipinski definition) is 1. The summed E-state index contributed by atoms with van der Waals surface area (Å²) in [6.45, 7) is 7.77. The predicted molar refractivity (Wildman–Crippen MR) is 100 cm³/mol. The molecule has 26 heavy (non-hydrogen) atoms. The van der Waals surface area contributed by atoms with Gasteiger partial charge in [0.2, 0.25) is 0 Å². The van der Waals surface area contributed by atoms with Crippen LogP contribution < -0.4 is 5.32 Å². The monoisotopic (exact) mass is 373 g/mol. The van der Waals surface area contributed by atoms with Gasteiger partial charge in [0.25, 0.3) is 5.91 Å². The van der Waals surface area contributed by atoms with Gasteiger partial charge in [0.05, 0.1) is 9.58 Å². The summed E-state index contributed by atoms with van der Waals surface area (Å²) in [5, 5.41) is 4.10. The molecule has 138 valence electrons. The maximum absolute atomic E-state index is 12.4. The van der Waals surface area contributed by atoms with Crippen molar-refractivity contribution in [3.63, 3.8) is 0 Å². The number of piperidine rings is 1. The normalized spacial score (nSPS) is 24.4. The predicted octanol–water partition coefficient (Wildman–Crippen LogP) is 3.14. The van der Waals surface area contributed by atoms with Gasteiger partial charge in [0.1, 0.15) is 5.60 Å². The minimum absolute atomic E-state index is 0.0276. The fourth-order valence-corrected chi connectivity index (χ4v) is 4.67. The standard InChI is InChI=1S/C19H23N3O3S/c1-19(2,3)25-18(24)22-9-13-12(14(13)10-22)7-21-17(23)15-6-11-4-5-20-8-16(11)26-15/h4-6,8,12-14H,7,9-10H2,1-3H3,(H,21,23). The average Bonchev–Trinajstić information content (AvgIpc) is 2.94. The lowest BCUT2D eigenvalue weighted by atomic mass is 10.2. The molecule has 1 N–H and O–H groups in total. The first kappa shape index (κ1) is 17.3. The highest BCUT2D eigenvalue weighted by Gasteiger charge is 2.56. The molecule has 0 spiro atoms. The van der Waals surface area contributed by atoms with Crippen molar-refractivity contribution < 1.29 is 14.3 Å². The Hall–Kier alpha value is -2.15. The smallest absolute Gasteiger partial charge is 0.410 e. The van der Waals surface area contributed by atoms with Gasteiger partial charge in [0, 0.05) is 32.0 Å². The zero-order valence-corrected chi connectivity index (χ0v) is 16.0. The van der Waals surface area contributed by atoms with Crippen molar-refractivity contribution in [2.75, 3.05) is 19.6 Å². The first-order valence-corrected chi connectivity index (χ1v) is 9.73. The van der Waals surface area contributed by atoms with Gasteiger partial charge >= 0.3 is 6.09 Å². The second kappa shape index (κ2) is 6.23. The van der Waals surface area contributed by atoms with E-state index in [2.05, 4.69) is 10.3 Å². The number of carbonyl (C=O) groups excluding carboxylic acids is 2. The summed E-state index contributed by atoms with van der Waals surface area (Å²) < 4.78 is 6.45. The zero-order valence-electron chi connectivity index (χ0n) is 15.2. The van der Waals surface area contributed by atoms with Crippen molar-refractivity contribution in [2.24, 2.45) is 17.8 Å². The maximum atomic E-state index is 12.4. The summed E-state index contributed by atoms with van der Waals surface area (Å²) in [4.78, 5) is 31.1. The minimum atomic E-state index is -0.461. The molecule has 0 radical (unpaired) electrons. The van der Waals surface area contributed by atoms with E-state index in [1.807, 2.05) is 32.9 Å². The molecule has 4 rings (SSSR count). The van der Waals surface area contributed by atoms with Gasteiger partial charge < -0.3 is 15.0 Å². The number of amides is 2. The Morgan fingerprint density at radius 1 is 1.35 bits per heavy atom.